The summed E-state index contributed by atoms with van der Waals surface area (Å²) in [7, 11) is 0. The molecule has 0 fully saturated rings. The molecule has 0 radical (unpaired) electrons. The summed E-state index contributed by atoms with van der Waals surface area (Å²) in [6, 6.07) is 3.48. The number of fused-ring (bicyclic) bond motifs is 1. The molecule has 3 aromatic heterocycles. The van der Waals surface area contributed by atoms with Crippen LogP contribution in [0.15, 0.2) is 18.5 Å². The molecule has 3 heterocycles. The lowest BCUT2D eigenvalue weighted by atomic mass is 10.2. The Morgan fingerprint density at radius 3 is 2.57 bits per heavy atom. The third-order valence-corrected chi connectivity index (χ3v) is 3.83. The predicted molar refractivity (Wildman–Crippen MR) is 81.0 cm³/mol. The number of halogens is 4. The van der Waals surface area contributed by atoms with Gasteiger partial charge in [0, 0.05) is 6.20 Å². The van der Waals surface area contributed by atoms with Gasteiger partial charge in [0.15, 0.2) is 5.65 Å². The average molecular weight is 359 g/mol. The van der Waals surface area contributed by atoms with E-state index >= 15 is 0 Å². The quantitative estimate of drug-likeness (QED) is 0.609. The van der Waals surface area contributed by atoms with Gasteiger partial charge in [0.1, 0.15) is 21.9 Å². The van der Waals surface area contributed by atoms with Crippen LogP contribution in [0.25, 0.3) is 16.9 Å². The van der Waals surface area contributed by atoms with Crippen LogP contribution in [-0.2, 0) is 0 Å². The van der Waals surface area contributed by atoms with Crippen molar-refractivity contribution in [3.8, 4) is 17.3 Å². The summed E-state index contributed by atoms with van der Waals surface area (Å²) in [5.74, 6) is 0. The molecule has 0 bridgehead atoms. The Kier molecular flexibility index (Phi) is 3.64. The molecule has 0 saturated carbocycles. The molecular formula is C12H3Cl4N5. The van der Waals surface area contributed by atoms with Crippen LogP contribution in [0.5, 0.6) is 0 Å². The Morgan fingerprint density at radius 1 is 1.14 bits per heavy atom. The van der Waals surface area contributed by atoms with Gasteiger partial charge in [-0.15, -0.1) is 0 Å². The number of hydrogen-bond donors (Lipinski definition) is 0. The van der Waals surface area contributed by atoms with Gasteiger partial charge in [0.2, 0.25) is 0 Å². The first-order chi connectivity index (χ1) is 10.0. The Hall–Kier alpha value is -1.58. The van der Waals surface area contributed by atoms with E-state index in [4.69, 9.17) is 51.7 Å². The number of aromatic nitrogens is 4. The molecule has 0 atom stereocenters. The highest BCUT2D eigenvalue weighted by atomic mass is 35.5. The van der Waals surface area contributed by atoms with E-state index in [2.05, 4.69) is 15.1 Å². The Bertz CT molecular complexity index is 912. The fourth-order valence-electron chi connectivity index (χ4n) is 1.81. The summed E-state index contributed by atoms with van der Waals surface area (Å²) in [6.45, 7) is 0. The van der Waals surface area contributed by atoms with E-state index in [9.17, 15) is 0 Å². The van der Waals surface area contributed by atoms with Gasteiger partial charge in [-0.3, -0.25) is 4.98 Å². The second-order valence-corrected chi connectivity index (χ2v) is 5.52. The fourth-order valence-corrected chi connectivity index (χ4v) is 2.89. The molecule has 21 heavy (non-hydrogen) atoms. The van der Waals surface area contributed by atoms with Gasteiger partial charge in [-0.25, -0.2) is 9.50 Å². The SMILES string of the molecule is N#Cc1cnn2c(Cl)c(-c3ncc(Cl)cc3Cl)c(Cl)nc12. The standard InChI is InChI=1S/C12H3Cl4N5/c13-6-1-7(14)9(18-4-6)8-10(15)20-12-5(2-17)3-19-21(12)11(8)16/h1,3-4H. The lowest BCUT2D eigenvalue weighted by Crippen LogP contribution is -1.99. The van der Waals surface area contributed by atoms with E-state index in [1.807, 2.05) is 6.07 Å². The van der Waals surface area contributed by atoms with E-state index in [0.29, 0.717) is 16.3 Å². The lowest BCUT2D eigenvalue weighted by molar-refractivity contribution is 0.941. The van der Waals surface area contributed by atoms with Gasteiger partial charge in [0.05, 0.1) is 27.5 Å². The summed E-state index contributed by atoms with van der Waals surface area (Å²) in [4.78, 5) is 8.26. The normalized spacial score (nSPS) is 10.8. The van der Waals surface area contributed by atoms with E-state index in [-0.39, 0.29) is 26.5 Å². The van der Waals surface area contributed by atoms with Crippen LogP contribution in [0.3, 0.4) is 0 Å². The van der Waals surface area contributed by atoms with Crippen molar-refractivity contribution in [3.05, 3.63) is 44.4 Å². The monoisotopic (exact) mass is 357 g/mol. The molecule has 0 spiro atoms. The third kappa shape index (κ3) is 2.30. The number of pyridine rings is 1. The number of hydrogen-bond acceptors (Lipinski definition) is 4. The van der Waals surface area contributed by atoms with Crippen LogP contribution in [0.4, 0.5) is 0 Å². The first-order valence-electron chi connectivity index (χ1n) is 5.47. The van der Waals surface area contributed by atoms with E-state index in [0.717, 1.165) is 0 Å². The van der Waals surface area contributed by atoms with Crippen molar-refractivity contribution < 1.29 is 0 Å². The maximum Gasteiger partial charge on any atom is 0.176 e. The second-order valence-electron chi connectivity index (χ2n) is 3.96. The molecular weight excluding hydrogens is 356 g/mol. The molecule has 5 nitrogen and oxygen atoms in total. The first-order valence-corrected chi connectivity index (χ1v) is 6.98. The number of nitriles is 1. The van der Waals surface area contributed by atoms with Crippen LogP contribution >= 0.6 is 46.4 Å². The summed E-state index contributed by atoms with van der Waals surface area (Å²) in [5, 5.41) is 13.9. The summed E-state index contributed by atoms with van der Waals surface area (Å²) in [6.07, 6.45) is 2.77. The minimum atomic E-state index is 0.0706. The topological polar surface area (TPSA) is 66.9 Å². The molecule has 3 rings (SSSR count). The van der Waals surface area contributed by atoms with Crippen LogP contribution in [0, 0.1) is 11.3 Å². The van der Waals surface area contributed by atoms with Crippen LogP contribution in [0.1, 0.15) is 5.56 Å². The molecule has 0 unspecified atom stereocenters. The molecule has 0 aliphatic carbocycles. The highest BCUT2D eigenvalue weighted by Gasteiger charge is 2.20. The van der Waals surface area contributed by atoms with Gasteiger partial charge < -0.3 is 0 Å². The summed E-state index contributed by atoms with van der Waals surface area (Å²) < 4.78 is 1.30. The fraction of sp³-hybridized carbons (Fsp3) is 0. The molecule has 0 aromatic carbocycles. The smallest absolute Gasteiger partial charge is 0.176 e. The maximum absolute atomic E-state index is 8.99. The van der Waals surface area contributed by atoms with Crippen molar-refractivity contribution in [1.82, 2.24) is 19.6 Å². The van der Waals surface area contributed by atoms with Crippen molar-refractivity contribution in [2.75, 3.05) is 0 Å². The molecule has 0 amide bonds. The third-order valence-electron chi connectivity index (χ3n) is 2.71. The number of nitrogens with zero attached hydrogens (tertiary/aromatic N) is 5. The number of rotatable bonds is 1. The molecule has 0 N–H and O–H groups in total. The minimum absolute atomic E-state index is 0.0706. The molecule has 0 saturated heterocycles. The van der Waals surface area contributed by atoms with Crippen molar-refractivity contribution in [2.45, 2.75) is 0 Å². The summed E-state index contributed by atoms with van der Waals surface area (Å²) in [5.41, 5.74) is 1.18. The van der Waals surface area contributed by atoms with Crippen LogP contribution < -0.4 is 0 Å². The van der Waals surface area contributed by atoms with E-state index in [1.165, 1.54) is 23.0 Å². The van der Waals surface area contributed by atoms with Gasteiger partial charge in [0.25, 0.3) is 0 Å². The molecule has 3 aromatic rings. The van der Waals surface area contributed by atoms with Crippen molar-refractivity contribution >= 4 is 52.1 Å². The van der Waals surface area contributed by atoms with E-state index in [1.54, 1.807) is 0 Å². The molecule has 0 aliphatic heterocycles. The second kappa shape index (κ2) is 5.32. The molecule has 0 aliphatic rings. The zero-order chi connectivity index (χ0) is 15.1. The van der Waals surface area contributed by atoms with Crippen molar-refractivity contribution in [2.24, 2.45) is 0 Å². The van der Waals surface area contributed by atoms with Crippen molar-refractivity contribution in [3.63, 3.8) is 0 Å². The first kappa shape index (κ1) is 14.4. The van der Waals surface area contributed by atoms with Gasteiger partial charge >= 0.3 is 0 Å². The Morgan fingerprint density at radius 2 is 1.90 bits per heavy atom. The largest absolute Gasteiger partial charge is 0.253 e. The zero-order valence-electron chi connectivity index (χ0n) is 9.98. The highest BCUT2D eigenvalue weighted by molar-refractivity contribution is 6.40. The Labute approximate surface area is 138 Å². The van der Waals surface area contributed by atoms with Gasteiger partial charge in [-0.1, -0.05) is 46.4 Å². The van der Waals surface area contributed by atoms with Crippen molar-refractivity contribution in [1.29, 1.82) is 5.26 Å². The lowest BCUT2D eigenvalue weighted by Gasteiger charge is -2.09. The van der Waals surface area contributed by atoms with Crippen LogP contribution in [-0.4, -0.2) is 19.6 Å². The Balaban J connectivity index is 2.36. The zero-order valence-corrected chi connectivity index (χ0v) is 13.0. The predicted octanol–water partition coefficient (Wildman–Crippen LogP) is 4.28. The van der Waals surface area contributed by atoms with E-state index < -0.39 is 0 Å². The molecule has 9 heteroatoms. The molecule has 104 valence electrons. The maximum atomic E-state index is 8.99. The van der Waals surface area contributed by atoms with Crippen LogP contribution in [0.2, 0.25) is 20.4 Å². The average Bonchev–Trinajstić information content (AvgIpc) is 2.84. The van der Waals surface area contributed by atoms with Gasteiger partial charge in [-0.05, 0) is 6.07 Å². The van der Waals surface area contributed by atoms with Gasteiger partial charge in [-0.2, -0.15) is 10.4 Å². The highest BCUT2D eigenvalue weighted by Crippen LogP contribution is 2.37. The summed E-state index contributed by atoms with van der Waals surface area (Å²) >= 11 is 24.4. The minimum Gasteiger partial charge on any atom is -0.253 e.